The number of nitrogens with zero attached hydrogens (tertiary/aromatic N) is 2. The van der Waals surface area contributed by atoms with Crippen molar-refractivity contribution in [1.29, 1.82) is 0 Å². The molecule has 0 aliphatic heterocycles. The van der Waals surface area contributed by atoms with Gasteiger partial charge >= 0.3 is 0 Å². The maximum absolute atomic E-state index is 5.38. The molecular formula is C12H13BrN2O. The van der Waals surface area contributed by atoms with Gasteiger partial charge in [-0.3, -0.25) is 4.98 Å². The van der Waals surface area contributed by atoms with E-state index in [0.29, 0.717) is 0 Å². The van der Waals surface area contributed by atoms with Crippen molar-refractivity contribution in [2.24, 2.45) is 0 Å². The van der Waals surface area contributed by atoms with Crippen molar-refractivity contribution in [2.75, 3.05) is 26.1 Å². The maximum atomic E-state index is 5.38. The highest BCUT2D eigenvalue weighted by Gasteiger charge is 2.13. The lowest BCUT2D eigenvalue weighted by atomic mass is 10.1. The highest BCUT2D eigenvalue weighted by molar-refractivity contribution is 9.10. The lowest BCUT2D eigenvalue weighted by molar-refractivity contribution is 0.415. The largest absolute Gasteiger partial charge is 0.494 e. The number of fused-ring (bicyclic) bond motifs is 1. The summed E-state index contributed by atoms with van der Waals surface area (Å²) in [5.41, 5.74) is 1.94. The Bertz CT molecular complexity index is 526. The number of hydrogen-bond donors (Lipinski definition) is 0. The van der Waals surface area contributed by atoms with Gasteiger partial charge in [0, 0.05) is 30.2 Å². The first kappa shape index (κ1) is 11.2. The van der Waals surface area contributed by atoms with Gasteiger partial charge < -0.3 is 9.64 Å². The van der Waals surface area contributed by atoms with Crippen LogP contribution in [-0.4, -0.2) is 26.2 Å². The lowest BCUT2D eigenvalue weighted by Crippen LogP contribution is -2.11. The van der Waals surface area contributed by atoms with Crippen molar-refractivity contribution in [1.82, 2.24) is 4.98 Å². The van der Waals surface area contributed by atoms with Crippen LogP contribution >= 0.6 is 15.9 Å². The Morgan fingerprint density at radius 3 is 2.75 bits per heavy atom. The molecule has 0 aliphatic carbocycles. The molecule has 3 nitrogen and oxygen atoms in total. The summed E-state index contributed by atoms with van der Waals surface area (Å²) < 4.78 is 6.38. The van der Waals surface area contributed by atoms with Gasteiger partial charge in [-0.15, -0.1) is 0 Å². The number of rotatable bonds is 2. The Hall–Kier alpha value is -1.29. The lowest BCUT2D eigenvalue weighted by Gasteiger charge is -2.19. The van der Waals surface area contributed by atoms with E-state index >= 15 is 0 Å². The van der Waals surface area contributed by atoms with Crippen LogP contribution in [0.25, 0.3) is 10.9 Å². The summed E-state index contributed by atoms with van der Waals surface area (Å²) in [6.45, 7) is 0. The molecule has 0 atom stereocenters. The van der Waals surface area contributed by atoms with Gasteiger partial charge in [-0.25, -0.2) is 0 Å². The molecule has 1 aromatic heterocycles. The van der Waals surface area contributed by atoms with Crippen LogP contribution in [0.4, 0.5) is 5.69 Å². The minimum atomic E-state index is 0.822. The van der Waals surface area contributed by atoms with Crippen molar-refractivity contribution >= 4 is 32.5 Å². The Labute approximate surface area is 103 Å². The molecular weight excluding hydrogens is 268 g/mol. The zero-order chi connectivity index (χ0) is 11.7. The average molecular weight is 281 g/mol. The van der Waals surface area contributed by atoms with E-state index in [0.717, 1.165) is 26.8 Å². The number of halogens is 1. The van der Waals surface area contributed by atoms with Crippen LogP contribution in [0.15, 0.2) is 28.9 Å². The minimum absolute atomic E-state index is 0.822. The van der Waals surface area contributed by atoms with Crippen LogP contribution in [-0.2, 0) is 0 Å². The second kappa shape index (κ2) is 4.29. The predicted molar refractivity (Wildman–Crippen MR) is 70.3 cm³/mol. The molecule has 2 aromatic rings. The normalized spacial score (nSPS) is 10.5. The first-order chi connectivity index (χ1) is 7.65. The van der Waals surface area contributed by atoms with Gasteiger partial charge in [0.05, 0.1) is 12.6 Å². The Morgan fingerprint density at radius 2 is 2.12 bits per heavy atom. The first-order valence-corrected chi connectivity index (χ1v) is 5.73. The van der Waals surface area contributed by atoms with Gasteiger partial charge in [0.25, 0.3) is 0 Å². The highest BCUT2D eigenvalue weighted by atomic mass is 79.9. The molecule has 0 saturated heterocycles. The van der Waals surface area contributed by atoms with Crippen LogP contribution in [0.1, 0.15) is 0 Å². The van der Waals surface area contributed by atoms with Crippen LogP contribution in [0.5, 0.6) is 5.75 Å². The van der Waals surface area contributed by atoms with Gasteiger partial charge in [0.15, 0.2) is 0 Å². The predicted octanol–water partition coefficient (Wildman–Crippen LogP) is 3.07. The topological polar surface area (TPSA) is 25.4 Å². The third kappa shape index (κ3) is 1.73. The van der Waals surface area contributed by atoms with Crippen LogP contribution in [0, 0.1) is 0 Å². The quantitative estimate of drug-likeness (QED) is 0.846. The van der Waals surface area contributed by atoms with E-state index in [-0.39, 0.29) is 0 Å². The molecule has 0 fully saturated rings. The zero-order valence-electron chi connectivity index (χ0n) is 9.49. The maximum Gasteiger partial charge on any atom is 0.145 e. The number of pyridine rings is 1. The standard InChI is InChI=1S/C12H13BrN2O/c1-15(2)12-10(16-3)7-9(13)8-5-4-6-14-11(8)12/h4-7H,1-3H3. The molecule has 1 heterocycles. The van der Waals surface area contributed by atoms with Gasteiger partial charge in [-0.2, -0.15) is 0 Å². The fourth-order valence-corrected chi connectivity index (χ4v) is 2.28. The summed E-state index contributed by atoms with van der Waals surface area (Å²) in [4.78, 5) is 6.43. The first-order valence-electron chi connectivity index (χ1n) is 4.93. The molecule has 0 radical (unpaired) electrons. The molecule has 4 heteroatoms. The van der Waals surface area contributed by atoms with Crippen molar-refractivity contribution in [3.8, 4) is 5.75 Å². The Balaban J connectivity index is 2.87. The number of hydrogen-bond acceptors (Lipinski definition) is 3. The third-order valence-electron chi connectivity index (χ3n) is 2.45. The molecule has 0 unspecified atom stereocenters. The molecule has 0 saturated carbocycles. The van der Waals surface area contributed by atoms with Crippen LogP contribution < -0.4 is 9.64 Å². The summed E-state index contributed by atoms with van der Waals surface area (Å²) in [7, 11) is 5.64. The van der Waals surface area contributed by atoms with E-state index < -0.39 is 0 Å². The van der Waals surface area contributed by atoms with E-state index in [1.165, 1.54) is 0 Å². The van der Waals surface area contributed by atoms with Crippen molar-refractivity contribution in [2.45, 2.75) is 0 Å². The van der Waals surface area contributed by atoms with E-state index in [4.69, 9.17) is 4.74 Å². The third-order valence-corrected chi connectivity index (χ3v) is 3.10. The van der Waals surface area contributed by atoms with E-state index in [1.54, 1.807) is 13.3 Å². The molecule has 1 aromatic carbocycles. The van der Waals surface area contributed by atoms with Crippen LogP contribution in [0.2, 0.25) is 0 Å². The number of benzene rings is 1. The summed E-state index contributed by atoms with van der Waals surface area (Å²) >= 11 is 3.53. The Kier molecular flexibility index (Phi) is 3.01. The zero-order valence-corrected chi connectivity index (χ0v) is 11.1. The number of methoxy groups -OCH3 is 1. The Morgan fingerprint density at radius 1 is 1.38 bits per heavy atom. The fraction of sp³-hybridized carbons (Fsp3) is 0.250. The number of aromatic nitrogens is 1. The minimum Gasteiger partial charge on any atom is -0.494 e. The van der Waals surface area contributed by atoms with E-state index in [1.807, 2.05) is 37.2 Å². The summed E-state index contributed by atoms with van der Waals surface area (Å²) in [6, 6.07) is 5.94. The number of anilines is 1. The monoisotopic (exact) mass is 280 g/mol. The molecule has 16 heavy (non-hydrogen) atoms. The average Bonchev–Trinajstić information content (AvgIpc) is 2.28. The second-order valence-corrected chi connectivity index (χ2v) is 4.56. The van der Waals surface area contributed by atoms with Crippen molar-refractivity contribution in [3.05, 3.63) is 28.9 Å². The molecule has 0 aliphatic rings. The van der Waals surface area contributed by atoms with Gasteiger partial charge in [0.1, 0.15) is 11.4 Å². The van der Waals surface area contributed by atoms with Gasteiger partial charge in [-0.05, 0) is 28.1 Å². The van der Waals surface area contributed by atoms with E-state index in [2.05, 4.69) is 20.9 Å². The summed E-state index contributed by atoms with van der Waals surface area (Å²) in [5.74, 6) is 0.822. The van der Waals surface area contributed by atoms with Gasteiger partial charge in [-0.1, -0.05) is 6.07 Å². The fourth-order valence-electron chi connectivity index (χ4n) is 1.75. The van der Waals surface area contributed by atoms with Crippen molar-refractivity contribution in [3.63, 3.8) is 0 Å². The molecule has 0 amide bonds. The smallest absolute Gasteiger partial charge is 0.145 e. The van der Waals surface area contributed by atoms with Crippen molar-refractivity contribution < 1.29 is 4.74 Å². The number of ether oxygens (including phenoxy) is 1. The molecule has 0 bridgehead atoms. The molecule has 84 valence electrons. The van der Waals surface area contributed by atoms with Gasteiger partial charge in [0.2, 0.25) is 0 Å². The van der Waals surface area contributed by atoms with Crippen LogP contribution in [0.3, 0.4) is 0 Å². The molecule has 0 N–H and O–H groups in total. The molecule has 2 rings (SSSR count). The molecule has 0 spiro atoms. The SMILES string of the molecule is COc1cc(Br)c2cccnc2c1N(C)C. The second-order valence-electron chi connectivity index (χ2n) is 3.70. The summed E-state index contributed by atoms with van der Waals surface area (Å²) in [5, 5.41) is 1.09. The summed E-state index contributed by atoms with van der Waals surface area (Å²) in [6.07, 6.45) is 1.79. The van der Waals surface area contributed by atoms with E-state index in [9.17, 15) is 0 Å². The highest BCUT2D eigenvalue weighted by Crippen LogP contribution is 2.38.